The second-order valence-corrected chi connectivity index (χ2v) is 8.76. The third kappa shape index (κ3) is 3.83. The van der Waals surface area contributed by atoms with Crippen LogP contribution < -0.4 is 5.32 Å². The number of carboxylic acid groups (broad SMARTS) is 1. The molecular weight excluding hydrogens is 424 g/mol. The monoisotopic (exact) mass is 444 g/mol. The van der Waals surface area contributed by atoms with Gasteiger partial charge >= 0.3 is 12.1 Å². The maximum Gasteiger partial charge on any atom is 0.407 e. The Balaban J connectivity index is 1.27. The molecule has 32 heavy (non-hydrogen) atoms. The number of carbonyl (C=O) groups excluding carboxylic acids is 1. The van der Waals surface area contributed by atoms with Crippen molar-refractivity contribution >= 4 is 33.6 Å². The predicted octanol–water partition coefficient (Wildman–Crippen LogP) is 4.83. The van der Waals surface area contributed by atoms with Crippen LogP contribution in [0.15, 0.2) is 72.8 Å². The van der Waals surface area contributed by atoms with Gasteiger partial charge < -0.3 is 15.2 Å². The number of hydrogen-bond donors (Lipinski definition) is 2. The molecule has 0 saturated heterocycles. The molecule has 160 valence electrons. The number of fused-ring (bicyclic) bond motifs is 4. The van der Waals surface area contributed by atoms with E-state index in [0.717, 1.165) is 32.5 Å². The zero-order valence-corrected chi connectivity index (χ0v) is 17.8. The number of para-hydroxylation sites is 1. The highest BCUT2D eigenvalue weighted by molar-refractivity contribution is 7.18. The van der Waals surface area contributed by atoms with Crippen molar-refractivity contribution in [1.82, 2.24) is 10.3 Å². The third-order valence-corrected chi connectivity index (χ3v) is 6.71. The molecule has 5 rings (SSSR count). The van der Waals surface area contributed by atoms with E-state index in [1.54, 1.807) is 0 Å². The summed E-state index contributed by atoms with van der Waals surface area (Å²) < 4.78 is 6.47. The minimum absolute atomic E-state index is 0.0827. The number of alkyl carbamates (subject to hydrolysis) is 1. The standard InChI is InChI=1S/C25H20N2O4S/c28-24(29)21(13-23-26-20-11-5-6-12-22(20)32-23)27-25(30)31-14-19-17-9-3-1-7-15(17)16-8-2-4-10-18(16)19/h1-12,19,21H,13-14H2,(H,27,30)(H,28,29)/t21-/m1/s1. The van der Waals surface area contributed by atoms with Gasteiger partial charge in [0.1, 0.15) is 12.6 Å². The molecule has 1 heterocycles. The van der Waals surface area contributed by atoms with Crippen molar-refractivity contribution < 1.29 is 19.4 Å². The summed E-state index contributed by atoms with van der Waals surface area (Å²) in [5.74, 6) is -1.21. The molecule has 4 aromatic rings. The number of aliphatic carboxylic acids is 1. The number of hydrogen-bond acceptors (Lipinski definition) is 5. The summed E-state index contributed by atoms with van der Waals surface area (Å²) in [5.41, 5.74) is 5.29. The summed E-state index contributed by atoms with van der Waals surface area (Å²) >= 11 is 1.42. The van der Waals surface area contributed by atoms with E-state index in [0.29, 0.717) is 5.01 Å². The van der Waals surface area contributed by atoms with Crippen molar-refractivity contribution in [3.8, 4) is 11.1 Å². The summed E-state index contributed by atoms with van der Waals surface area (Å²) in [6.45, 7) is 0.132. The van der Waals surface area contributed by atoms with Crippen LogP contribution in [0.1, 0.15) is 22.1 Å². The number of carboxylic acids is 1. The van der Waals surface area contributed by atoms with Crippen LogP contribution in [0, 0.1) is 0 Å². The molecule has 3 aromatic carbocycles. The van der Waals surface area contributed by atoms with Gasteiger partial charge in [-0.3, -0.25) is 0 Å². The van der Waals surface area contributed by atoms with Gasteiger partial charge in [-0.15, -0.1) is 11.3 Å². The van der Waals surface area contributed by atoms with Gasteiger partial charge in [0, 0.05) is 12.3 Å². The molecule has 2 N–H and O–H groups in total. The number of ether oxygens (including phenoxy) is 1. The highest BCUT2D eigenvalue weighted by atomic mass is 32.1. The van der Waals surface area contributed by atoms with Gasteiger partial charge in [-0.05, 0) is 34.4 Å². The number of thiazole rings is 1. The fourth-order valence-corrected chi connectivity index (χ4v) is 5.18. The fraction of sp³-hybridized carbons (Fsp3) is 0.160. The molecule has 0 radical (unpaired) electrons. The number of aromatic nitrogens is 1. The molecule has 7 heteroatoms. The Morgan fingerprint density at radius 2 is 1.59 bits per heavy atom. The Labute approximate surface area is 188 Å². The van der Waals surface area contributed by atoms with Gasteiger partial charge in [0.05, 0.1) is 15.2 Å². The van der Waals surface area contributed by atoms with Crippen molar-refractivity contribution in [3.05, 3.63) is 88.9 Å². The molecule has 0 fully saturated rings. The first kappa shape index (κ1) is 20.2. The minimum Gasteiger partial charge on any atom is -0.480 e. The zero-order chi connectivity index (χ0) is 22.1. The number of nitrogens with zero attached hydrogens (tertiary/aromatic N) is 1. The van der Waals surface area contributed by atoms with E-state index >= 15 is 0 Å². The number of nitrogens with one attached hydrogen (secondary N) is 1. The summed E-state index contributed by atoms with van der Waals surface area (Å²) in [7, 11) is 0. The van der Waals surface area contributed by atoms with Crippen molar-refractivity contribution in [2.45, 2.75) is 18.4 Å². The largest absolute Gasteiger partial charge is 0.480 e. The topological polar surface area (TPSA) is 88.5 Å². The average Bonchev–Trinajstić information content (AvgIpc) is 3.35. The Hall–Kier alpha value is -3.71. The second-order valence-electron chi connectivity index (χ2n) is 7.64. The lowest BCUT2D eigenvalue weighted by Gasteiger charge is -2.17. The van der Waals surface area contributed by atoms with Crippen LogP contribution in [0.3, 0.4) is 0 Å². The maximum absolute atomic E-state index is 12.5. The highest BCUT2D eigenvalue weighted by Crippen LogP contribution is 2.44. The lowest BCUT2D eigenvalue weighted by atomic mass is 9.98. The SMILES string of the molecule is O=C(N[C@H](Cc1nc2ccccc2s1)C(=O)O)OCC1c2ccccc2-c2ccccc21. The first-order valence-corrected chi connectivity index (χ1v) is 11.1. The van der Waals surface area contributed by atoms with Gasteiger partial charge in [-0.25, -0.2) is 14.6 Å². The Bertz CT molecular complexity index is 1240. The van der Waals surface area contributed by atoms with Crippen molar-refractivity contribution in [3.63, 3.8) is 0 Å². The smallest absolute Gasteiger partial charge is 0.407 e. The van der Waals surface area contributed by atoms with E-state index in [1.165, 1.54) is 11.3 Å². The molecule has 0 spiro atoms. The zero-order valence-electron chi connectivity index (χ0n) is 17.0. The van der Waals surface area contributed by atoms with Crippen LogP contribution in [-0.2, 0) is 16.0 Å². The number of amides is 1. The maximum atomic E-state index is 12.5. The molecule has 6 nitrogen and oxygen atoms in total. The van der Waals surface area contributed by atoms with Crippen LogP contribution >= 0.6 is 11.3 Å². The van der Waals surface area contributed by atoms with Crippen LogP contribution in [-0.4, -0.2) is 34.8 Å². The molecule has 1 amide bonds. The molecule has 1 atom stereocenters. The van der Waals surface area contributed by atoms with Gasteiger partial charge in [0.15, 0.2) is 0 Å². The Morgan fingerprint density at radius 1 is 0.969 bits per heavy atom. The van der Waals surface area contributed by atoms with Gasteiger partial charge in [0.25, 0.3) is 0 Å². The first-order chi connectivity index (χ1) is 15.6. The lowest BCUT2D eigenvalue weighted by molar-refractivity contribution is -0.139. The molecule has 0 aliphatic heterocycles. The van der Waals surface area contributed by atoms with E-state index in [-0.39, 0.29) is 18.9 Å². The highest BCUT2D eigenvalue weighted by Gasteiger charge is 2.30. The summed E-state index contributed by atoms with van der Waals surface area (Å²) in [4.78, 5) is 28.7. The summed E-state index contributed by atoms with van der Waals surface area (Å²) in [6.07, 6.45) is -0.654. The summed E-state index contributed by atoms with van der Waals surface area (Å²) in [5, 5.41) is 12.7. The predicted molar refractivity (Wildman–Crippen MR) is 123 cm³/mol. The molecule has 1 aromatic heterocycles. The molecule has 1 aliphatic carbocycles. The Kier molecular flexibility index (Phi) is 5.33. The number of benzene rings is 3. The fourth-order valence-electron chi connectivity index (χ4n) is 4.16. The van der Waals surface area contributed by atoms with Crippen molar-refractivity contribution in [2.75, 3.05) is 6.61 Å². The number of rotatable bonds is 6. The molecule has 0 bridgehead atoms. The van der Waals surface area contributed by atoms with Crippen molar-refractivity contribution in [2.24, 2.45) is 0 Å². The van der Waals surface area contributed by atoms with Crippen LogP contribution in [0.25, 0.3) is 21.3 Å². The molecular formula is C25H20N2O4S. The van der Waals surface area contributed by atoms with E-state index < -0.39 is 18.1 Å². The first-order valence-electron chi connectivity index (χ1n) is 10.3. The van der Waals surface area contributed by atoms with Gasteiger partial charge in [-0.2, -0.15) is 0 Å². The molecule has 0 saturated carbocycles. The van der Waals surface area contributed by atoms with Gasteiger partial charge in [-0.1, -0.05) is 60.7 Å². The minimum atomic E-state index is -1.13. The molecule has 1 aliphatic rings. The van der Waals surface area contributed by atoms with E-state index in [9.17, 15) is 14.7 Å². The third-order valence-electron chi connectivity index (χ3n) is 5.65. The number of carbonyl (C=O) groups is 2. The quantitative estimate of drug-likeness (QED) is 0.445. The van der Waals surface area contributed by atoms with Crippen LogP contribution in [0.4, 0.5) is 4.79 Å². The van der Waals surface area contributed by atoms with Crippen LogP contribution in [0.5, 0.6) is 0 Å². The van der Waals surface area contributed by atoms with E-state index in [2.05, 4.69) is 22.4 Å². The van der Waals surface area contributed by atoms with Crippen molar-refractivity contribution in [1.29, 1.82) is 0 Å². The summed E-state index contributed by atoms with van der Waals surface area (Å²) in [6, 6.07) is 22.6. The molecule has 0 unspecified atom stereocenters. The van der Waals surface area contributed by atoms with E-state index in [4.69, 9.17) is 4.74 Å². The Morgan fingerprint density at radius 3 is 2.25 bits per heavy atom. The van der Waals surface area contributed by atoms with E-state index in [1.807, 2.05) is 60.7 Å². The van der Waals surface area contributed by atoms with Crippen LogP contribution in [0.2, 0.25) is 0 Å². The average molecular weight is 445 g/mol. The van der Waals surface area contributed by atoms with Gasteiger partial charge in [0.2, 0.25) is 0 Å². The second kappa shape index (κ2) is 8.43. The lowest BCUT2D eigenvalue weighted by Crippen LogP contribution is -2.42. The normalized spacial score (nSPS) is 13.4.